The number of hydrogen-bond acceptors (Lipinski definition) is 3. The molecule has 3 aromatic carbocycles. The zero-order valence-electron chi connectivity index (χ0n) is 20.5. The highest BCUT2D eigenvalue weighted by molar-refractivity contribution is 6.30. The molecule has 0 bridgehead atoms. The molecule has 3 rings (SSSR count). The van der Waals surface area contributed by atoms with Crippen LogP contribution in [0.5, 0.6) is 5.75 Å². The summed E-state index contributed by atoms with van der Waals surface area (Å²) >= 11 is 6.07. The number of carbonyl (C=O) groups excluding carboxylic acids is 2. The van der Waals surface area contributed by atoms with Crippen molar-refractivity contribution < 1.29 is 14.3 Å². The molecule has 184 valence electrons. The minimum Gasteiger partial charge on any atom is -0.484 e. The van der Waals surface area contributed by atoms with Gasteiger partial charge in [0.2, 0.25) is 5.91 Å². The number of aryl methyl sites for hydroxylation is 1. The number of rotatable bonds is 11. The quantitative estimate of drug-likeness (QED) is 0.387. The molecular weight excluding hydrogens is 460 g/mol. The van der Waals surface area contributed by atoms with Crippen LogP contribution in [0.3, 0.4) is 0 Å². The number of ether oxygens (including phenoxy) is 1. The van der Waals surface area contributed by atoms with Crippen molar-refractivity contribution in [2.45, 2.75) is 39.8 Å². The average molecular weight is 493 g/mol. The van der Waals surface area contributed by atoms with Crippen LogP contribution in [0.4, 0.5) is 0 Å². The molecule has 3 aromatic rings. The normalized spacial score (nSPS) is 11.7. The first kappa shape index (κ1) is 26.3. The fourth-order valence-corrected chi connectivity index (χ4v) is 3.75. The van der Waals surface area contributed by atoms with E-state index in [1.165, 1.54) is 0 Å². The first-order chi connectivity index (χ1) is 16.8. The van der Waals surface area contributed by atoms with Gasteiger partial charge in [-0.3, -0.25) is 9.59 Å². The van der Waals surface area contributed by atoms with E-state index in [0.717, 1.165) is 16.7 Å². The van der Waals surface area contributed by atoms with E-state index >= 15 is 0 Å². The third-order valence-electron chi connectivity index (χ3n) is 5.61. The van der Waals surface area contributed by atoms with Crippen LogP contribution in [0.1, 0.15) is 30.5 Å². The lowest BCUT2D eigenvalue weighted by molar-refractivity contribution is -0.142. The van der Waals surface area contributed by atoms with Crippen molar-refractivity contribution in [1.29, 1.82) is 0 Å². The Bertz CT molecular complexity index is 1080. The summed E-state index contributed by atoms with van der Waals surface area (Å²) in [6.45, 7) is 6.70. The maximum absolute atomic E-state index is 13.5. The molecule has 0 aliphatic carbocycles. The van der Waals surface area contributed by atoms with Crippen molar-refractivity contribution in [2.75, 3.05) is 13.2 Å². The number of hydrogen-bond donors (Lipinski definition) is 1. The standard InChI is InChI=1S/C29H33ClN2O3/c1-21(2)18-31-29(34)27(17-23-7-5-4-6-8-23)32(19-24-11-13-25(30)14-12-24)28(33)20-35-26-15-9-22(3)10-16-26/h4-16,21,27H,17-20H2,1-3H3,(H,31,34). The lowest BCUT2D eigenvalue weighted by Gasteiger charge is -2.31. The smallest absolute Gasteiger partial charge is 0.261 e. The molecule has 5 nitrogen and oxygen atoms in total. The molecule has 6 heteroatoms. The molecular formula is C29H33ClN2O3. The van der Waals surface area contributed by atoms with Gasteiger partial charge in [0.15, 0.2) is 6.61 Å². The number of carbonyl (C=O) groups is 2. The van der Waals surface area contributed by atoms with Crippen molar-refractivity contribution >= 4 is 23.4 Å². The van der Waals surface area contributed by atoms with E-state index in [9.17, 15) is 9.59 Å². The van der Waals surface area contributed by atoms with Gasteiger partial charge in [0.25, 0.3) is 5.91 Å². The Morgan fingerprint density at radius 3 is 2.20 bits per heavy atom. The molecule has 1 unspecified atom stereocenters. The Morgan fingerprint density at radius 1 is 0.914 bits per heavy atom. The highest BCUT2D eigenvalue weighted by Crippen LogP contribution is 2.18. The molecule has 2 amide bonds. The van der Waals surface area contributed by atoms with Crippen molar-refractivity contribution in [3.8, 4) is 5.75 Å². The highest BCUT2D eigenvalue weighted by Gasteiger charge is 2.30. The Balaban J connectivity index is 1.88. The van der Waals surface area contributed by atoms with Gasteiger partial charge in [-0.2, -0.15) is 0 Å². The van der Waals surface area contributed by atoms with Crippen molar-refractivity contribution in [3.63, 3.8) is 0 Å². The summed E-state index contributed by atoms with van der Waals surface area (Å²) in [4.78, 5) is 28.5. The Kier molecular flexibility index (Phi) is 9.74. The Hall–Kier alpha value is -3.31. The molecule has 0 radical (unpaired) electrons. The van der Waals surface area contributed by atoms with Gasteiger partial charge >= 0.3 is 0 Å². The second kappa shape index (κ2) is 13.0. The van der Waals surface area contributed by atoms with Crippen LogP contribution < -0.4 is 10.1 Å². The number of nitrogens with one attached hydrogen (secondary N) is 1. The minimum atomic E-state index is -0.694. The second-order valence-corrected chi connectivity index (χ2v) is 9.53. The third-order valence-corrected chi connectivity index (χ3v) is 5.86. The molecule has 35 heavy (non-hydrogen) atoms. The van der Waals surface area contributed by atoms with Crippen LogP contribution in [0.15, 0.2) is 78.9 Å². The monoisotopic (exact) mass is 492 g/mol. The zero-order valence-corrected chi connectivity index (χ0v) is 21.3. The molecule has 1 N–H and O–H groups in total. The van der Waals surface area contributed by atoms with Gasteiger partial charge in [0, 0.05) is 24.5 Å². The highest BCUT2D eigenvalue weighted by atomic mass is 35.5. The zero-order chi connectivity index (χ0) is 25.2. The fraction of sp³-hybridized carbons (Fsp3) is 0.310. The van der Waals surface area contributed by atoms with E-state index < -0.39 is 6.04 Å². The molecule has 0 saturated carbocycles. The summed E-state index contributed by atoms with van der Waals surface area (Å²) in [6.07, 6.45) is 0.397. The number of nitrogens with zero attached hydrogens (tertiary/aromatic N) is 1. The second-order valence-electron chi connectivity index (χ2n) is 9.09. The van der Waals surface area contributed by atoms with Crippen LogP contribution >= 0.6 is 11.6 Å². The lowest BCUT2D eigenvalue weighted by atomic mass is 10.0. The molecule has 0 fully saturated rings. The van der Waals surface area contributed by atoms with Gasteiger partial charge < -0.3 is 15.0 Å². The maximum Gasteiger partial charge on any atom is 0.261 e. The van der Waals surface area contributed by atoms with E-state index in [4.69, 9.17) is 16.3 Å². The molecule has 0 heterocycles. The summed E-state index contributed by atoms with van der Waals surface area (Å²) in [7, 11) is 0. The van der Waals surface area contributed by atoms with Crippen molar-refractivity contribution in [3.05, 3.63) is 101 Å². The predicted octanol–water partition coefficient (Wildman–Crippen LogP) is 5.44. The minimum absolute atomic E-state index is 0.167. The lowest BCUT2D eigenvalue weighted by Crippen LogP contribution is -2.52. The van der Waals surface area contributed by atoms with Crippen LogP contribution in [0, 0.1) is 12.8 Å². The number of benzene rings is 3. The van der Waals surface area contributed by atoms with E-state index in [2.05, 4.69) is 5.32 Å². The summed E-state index contributed by atoms with van der Waals surface area (Å²) in [5.41, 5.74) is 2.97. The molecule has 0 spiro atoms. The molecule has 0 aromatic heterocycles. The first-order valence-corrected chi connectivity index (χ1v) is 12.2. The average Bonchev–Trinajstić information content (AvgIpc) is 2.86. The molecule has 0 aliphatic heterocycles. The summed E-state index contributed by atoms with van der Waals surface area (Å²) < 4.78 is 5.79. The summed E-state index contributed by atoms with van der Waals surface area (Å²) in [5.74, 6) is 0.460. The first-order valence-electron chi connectivity index (χ1n) is 11.9. The van der Waals surface area contributed by atoms with Crippen LogP contribution in [0.2, 0.25) is 5.02 Å². The van der Waals surface area contributed by atoms with Gasteiger partial charge in [0.1, 0.15) is 11.8 Å². The van der Waals surface area contributed by atoms with Gasteiger partial charge in [0.05, 0.1) is 0 Å². The van der Waals surface area contributed by atoms with Crippen LogP contribution in [-0.4, -0.2) is 35.9 Å². The third kappa shape index (κ3) is 8.45. The van der Waals surface area contributed by atoms with Crippen LogP contribution in [0.25, 0.3) is 0 Å². The maximum atomic E-state index is 13.5. The van der Waals surface area contributed by atoms with Gasteiger partial charge in [-0.15, -0.1) is 0 Å². The van der Waals surface area contributed by atoms with E-state index in [1.54, 1.807) is 17.0 Å². The Labute approximate surface area is 213 Å². The topological polar surface area (TPSA) is 58.6 Å². The predicted molar refractivity (Wildman–Crippen MR) is 140 cm³/mol. The molecule has 1 atom stereocenters. The largest absolute Gasteiger partial charge is 0.484 e. The Morgan fingerprint density at radius 2 is 1.57 bits per heavy atom. The number of amides is 2. The number of halogens is 1. The van der Waals surface area contributed by atoms with Crippen LogP contribution in [-0.2, 0) is 22.6 Å². The fourth-order valence-electron chi connectivity index (χ4n) is 3.63. The van der Waals surface area contributed by atoms with Gasteiger partial charge in [-0.25, -0.2) is 0 Å². The SMILES string of the molecule is Cc1ccc(OCC(=O)N(Cc2ccc(Cl)cc2)C(Cc2ccccc2)C(=O)NCC(C)C)cc1. The van der Waals surface area contributed by atoms with Crippen molar-refractivity contribution in [2.24, 2.45) is 5.92 Å². The van der Waals surface area contributed by atoms with Gasteiger partial charge in [-0.1, -0.05) is 85.6 Å². The van der Waals surface area contributed by atoms with E-state index in [0.29, 0.717) is 29.7 Å². The summed E-state index contributed by atoms with van der Waals surface area (Å²) in [6, 6.07) is 23.9. The molecule has 0 aliphatic rings. The molecule has 0 saturated heterocycles. The van der Waals surface area contributed by atoms with E-state index in [-0.39, 0.29) is 25.0 Å². The van der Waals surface area contributed by atoms with Crippen molar-refractivity contribution in [1.82, 2.24) is 10.2 Å². The van der Waals surface area contributed by atoms with E-state index in [1.807, 2.05) is 87.5 Å². The summed E-state index contributed by atoms with van der Waals surface area (Å²) in [5, 5.41) is 3.63. The van der Waals surface area contributed by atoms with Gasteiger partial charge in [-0.05, 0) is 48.2 Å².